The van der Waals surface area contributed by atoms with Gasteiger partial charge in [-0.05, 0) is 12.5 Å². The molecule has 1 unspecified atom stereocenters. The van der Waals surface area contributed by atoms with Gasteiger partial charge in [0.25, 0.3) is 5.91 Å². The summed E-state index contributed by atoms with van der Waals surface area (Å²) in [7, 11) is 0. The molecule has 4 rings (SSSR count). The van der Waals surface area contributed by atoms with Gasteiger partial charge in [0, 0.05) is 31.5 Å². The summed E-state index contributed by atoms with van der Waals surface area (Å²) in [4.78, 5) is 40.7. The van der Waals surface area contributed by atoms with Gasteiger partial charge in [-0.15, -0.1) is 0 Å². The van der Waals surface area contributed by atoms with E-state index in [1.807, 2.05) is 31.2 Å². The van der Waals surface area contributed by atoms with E-state index in [0.717, 1.165) is 11.3 Å². The number of carbonyl (C=O) groups excluding carboxylic acids is 3. The monoisotopic (exact) mass is 401 g/mol. The first-order valence-electron chi connectivity index (χ1n) is 10.3. The number of fused-ring (bicyclic) bond motifs is 1. The molecule has 29 heavy (non-hydrogen) atoms. The van der Waals surface area contributed by atoms with Gasteiger partial charge in [-0.3, -0.25) is 14.5 Å². The Balaban J connectivity index is 1.53. The molecule has 8 heteroatoms. The average molecular weight is 401 g/mol. The van der Waals surface area contributed by atoms with Crippen molar-refractivity contribution in [1.29, 1.82) is 0 Å². The zero-order chi connectivity index (χ0) is 20.4. The lowest BCUT2D eigenvalue weighted by atomic mass is 9.93. The van der Waals surface area contributed by atoms with Crippen LogP contribution in [0, 0.1) is 0 Å². The van der Waals surface area contributed by atoms with E-state index in [0.29, 0.717) is 52.1 Å². The van der Waals surface area contributed by atoms with Crippen molar-refractivity contribution in [2.45, 2.75) is 50.8 Å². The maximum atomic E-state index is 13.2. The molecule has 0 bridgehead atoms. The molecule has 1 N–H and O–H groups in total. The molecule has 2 saturated heterocycles. The van der Waals surface area contributed by atoms with Crippen molar-refractivity contribution in [3.63, 3.8) is 0 Å². The van der Waals surface area contributed by atoms with Crippen LogP contribution in [-0.4, -0.2) is 65.6 Å². The topological polar surface area (TPSA) is 88.2 Å². The van der Waals surface area contributed by atoms with Crippen molar-refractivity contribution in [1.82, 2.24) is 15.1 Å². The van der Waals surface area contributed by atoms with Gasteiger partial charge >= 0.3 is 6.03 Å². The Morgan fingerprint density at radius 3 is 2.76 bits per heavy atom. The number of urea groups is 1. The van der Waals surface area contributed by atoms with Crippen LogP contribution in [0.25, 0.3) is 0 Å². The van der Waals surface area contributed by atoms with E-state index in [2.05, 4.69) is 5.32 Å². The summed E-state index contributed by atoms with van der Waals surface area (Å²) >= 11 is 0. The molecule has 2 fully saturated rings. The zero-order valence-corrected chi connectivity index (χ0v) is 16.7. The second-order valence-corrected chi connectivity index (χ2v) is 7.95. The van der Waals surface area contributed by atoms with Gasteiger partial charge in [-0.25, -0.2) is 4.79 Å². The van der Waals surface area contributed by atoms with Crippen LogP contribution in [-0.2, 0) is 20.9 Å². The van der Waals surface area contributed by atoms with E-state index < -0.39 is 17.7 Å². The van der Waals surface area contributed by atoms with Gasteiger partial charge in [0.05, 0.1) is 26.2 Å². The predicted molar refractivity (Wildman–Crippen MR) is 104 cm³/mol. The predicted octanol–water partition coefficient (Wildman–Crippen LogP) is 1.68. The molecule has 156 valence electrons. The second kappa shape index (κ2) is 8.02. The molecule has 1 spiro atoms. The Kier molecular flexibility index (Phi) is 5.45. The number of para-hydroxylation sites is 1. The Labute approximate surface area is 170 Å². The molecule has 1 aromatic rings. The quantitative estimate of drug-likeness (QED) is 0.776. The Hall–Kier alpha value is -2.61. The maximum absolute atomic E-state index is 13.2. The maximum Gasteiger partial charge on any atom is 0.324 e. The van der Waals surface area contributed by atoms with Crippen LogP contribution < -0.4 is 10.1 Å². The van der Waals surface area contributed by atoms with E-state index in [4.69, 9.17) is 9.47 Å². The van der Waals surface area contributed by atoms with Crippen molar-refractivity contribution in [2.24, 2.45) is 0 Å². The largest absolute Gasteiger partial charge is 0.485 e. The SMILES string of the molecule is CCCN1C(=O)NC(CC(=O)N2Cc3ccccc3OC3(CCOCC3)C2)C1=O. The number of nitrogens with zero attached hydrogens (tertiary/aromatic N) is 2. The molecule has 0 saturated carbocycles. The Morgan fingerprint density at radius 1 is 1.24 bits per heavy atom. The van der Waals surface area contributed by atoms with E-state index >= 15 is 0 Å². The summed E-state index contributed by atoms with van der Waals surface area (Å²) in [5.41, 5.74) is 0.455. The summed E-state index contributed by atoms with van der Waals surface area (Å²) in [6, 6.07) is 6.53. The van der Waals surface area contributed by atoms with Gasteiger partial charge in [-0.2, -0.15) is 0 Å². The first-order valence-corrected chi connectivity index (χ1v) is 10.3. The number of carbonyl (C=O) groups is 3. The van der Waals surface area contributed by atoms with E-state index in [-0.39, 0.29) is 18.2 Å². The van der Waals surface area contributed by atoms with Crippen LogP contribution in [0.2, 0.25) is 0 Å². The minimum atomic E-state index is -0.799. The number of imide groups is 1. The first-order chi connectivity index (χ1) is 14.0. The fourth-order valence-corrected chi connectivity index (χ4v) is 4.24. The summed E-state index contributed by atoms with van der Waals surface area (Å²) in [5, 5.41) is 2.65. The number of hydrogen-bond acceptors (Lipinski definition) is 5. The zero-order valence-electron chi connectivity index (χ0n) is 16.7. The highest BCUT2D eigenvalue weighted by molar-refractivity contribution is 6.05. The van der Waals surface area contributed by atoms with Crippen LogP contribution in [0.5, 0.6) is 5.75 Å². The second-order valence-electron chi connectivity index (χ2n) is 7.95. The first kappa shape index (κ1) is 19.7. The van der Waals surface area contributed by atoms with Crippen LogP contribution in [0.1, 0.15) is 38.2 Å². The third kappa shape index (κ3) is 3.94. The number of nitrogens with one attached hydrogen (secondary N) is 1. The van der Waals surface area contributed by atoms with E-state index in [1.54, 1.807) is 4.90 Å². The molecule has 3 heterocycles. The molecule has 8 nitrogen and oxygen atoms in total. The van der Waals surface area contributed by atoms with Gasteiger partial charge in [0.15, 0.2) is 0 Å². The Morgan fingerprint density at radius 2 is 2.00 bits per heavy atom. The molecule has 0 radical (unpaired) electrons. The minimum Gasteiger partial charge on any atom is -0.485 e. The lowest BCUT2D eigenvalue weighted by molar-refractivity contribution is -0.139. The molecule has 0 aliphatic carbocycles. The molecule has 3 aliphatic rings. The standard InChI is InChI=1S/C21H27N3O5/c1-2-9-24-19(26)16(22-20(24)27)12-18(25)23-13-15-5-3-4-6-17(15)29-21(14-23)7-10-28-11-8-21/h3-6,16H,2,7-14H2,1H3,(H,22,27). The van der Waals surface area contributed by atoms with Gasteiger partial charge in [0.2, 0.25) is 5.91 Å². The average Bonchev–Trinajstić information content (AvgIpc) is 2.88. The summed E-state index contributed by atoms with van der Waals surface area (Å²) in [6.07, 6.45) is 2.05. The van der Waals surface area contributed by atoms with Crippen molar-refractivity contribution in [2.75, 3.05) is 26.3 Å². The van der Waals surface area contributed by atoms with Crippen LogP contribution >= 0.6 is 0 Å². The molecular weight excluding hydrogens is 374 g/mol. The van der Waals surface area contributed by atoms with E-state index in [1.165, 1.54) is 4.90 Å². The van der Waals surface area contributed by atoms with Gasteiger partial charge < -0.3 is 19.7 Å². The lowest BCUT2D eigenvalue weighted by Gasteiger charge is -2.39. The third-order valence-corrected chi connectivity index (χ3v) is 5.83. The number of rotatable bonds is 4. The number of amides is 4. The van der Waals surface area contributed by atoms with Crippen molar-refractivity contribution < 1.29 is 23.9 Å². The minimum absolute atomic E-state index is 0.0421. The highest BCUT2D eigenvalue weighted by Crippen LogP contribution is 2.35. The molecular formula is C21H27N3O5. The van der Waals surface area contributed by atoms with Crippen LogP contribution in [0.15, 0.2) is 24.3 Å². The van der Waals surface area contributed by atoms with Crippen molar-refractivity contribution in [3.8, 4) is 5.75 Å². The molecule has 0 aromatic heterocycles. The summed E-state index contributed by atoms with van der Waals surface area (Å²) in [5.74, 6) is 0.315. The van der Waals surface area contributed by atoms with E-state index in [9.17, 15) is 14.4 Å². The normalized spacial score (nSPS) is 23.4. The number of benzene rings is 1. The molecule has 4 amide bonds. The fourth-order valence-electron chi connectivity index (χ4n) is 4.24. The van der Waals surface area contributed by atoms with Crippen LogP contribution in [0.4, 0.5) is 4.79 Å². The molecule has 1 aromatic carbocycles. The van der Waals surface area contributed by atoms with Gasteiger partial charge in [0.1, 0.15) is 17.4 Å². The highest BCUT2D eigenvalue weighted by Gasteiger charge is 2.43. The van der Waals surface area contributed by atoms with Crippen molar-refractivity contribution >= 4 is 17.8 Å². The highest BCUT2D eigenvalue weighted by atomic mass is 16.5. The van der Waals surface area contributed by atoms with Gasteiger partial charge in [-0.1, -0.05) is 25.1 Å². The van der Waals surface area contributed by atoms with Crippen LogP contribution in [0.3, 0.4) is 0 Å². The number of hydrogen-bond donors (Lipinski definition) is 1. The summed E-state index contributed by atoms with van der Waals surface area (Å²) in [6.45, 7) is 4.31. The van der Waals surface area contributed by atoms with Crippen molar-refractivity contribution in [3.05, 3.63) is 29.8 Å². The number of ether oxygens (including phenoxy) is 2. The molecule has 1 atom stereocenters. The lowest BCUT2D eigenvalue weighted by Crippen LogP contribution is -2.51. The summed E-state index contributed by atoms with van der Waals surface area (Å²) < 4.78 is 11.9. The molecule has 3 aliphatic heterocycles. The Bertz CT molecular complexity index is 805. The smallest absolute Gasteiger partial charge is 0.324 e. The third-order valence-electron chi connectivity index (χ3n) is 5.83. The fraction of sp³-hybridized carbons (Fsp3) is 0.571.